The average molecular weight is 474 g/mol. The molecule has 0 bridgehead atoms. The molecular formula is C21H32ClN3O5S. The van der Waals surface area contributed by atoms with E-state index in [0.29, 0.717) is 31.5 Å². The first kappa shape index (κ1) is 25.4. The number of halogens is 1. The zero-order valence-corrected chi connectivity index (χ0v) is 20.2. The lowest BCUT2D eigenvalue weighted by molar-refractivity contribution is -0.141. The summed E-state index contributed by atoms with van der Waals surface area (Å²) in [6, 6.07) is -0.762. The maximum atomic E-state index is 13.2. The molecule has 0 unspecified atom stereocenters. The summed E-state index contributed by atoms with van der Waals surface area (Å²) < 4.78 is 10.4. The number of aromatic nitrogens is 1. The summed E-state index contributed by atoms with van der Waals surface area (Å²) >= 11 is 7.26. The van der Waals surface area contributed by atoms with Crippen LogP contribution in [0.25, 0.3) is 0 Å². The molecule has 1 atom stereocenters. The van der Waals surface area contributed by atoms with E-state index >= 15 is 0 Å². The number of thiazole rings is 1. The van der Waals surface area contributed by atoms with Gasteiger partial charge in [-0.2, -0.15) is 0 Å². The third-order valence-electron chi connectivity index (χ3n) is 4.86. The first-order chi connectivity index (χ1) is 14.6. The number of likely N-dealkylation sites (tertiary alicyclic amines) is 1. The van der Waals surface area contributed by atoms with Crippen molar-refractivity contribution in [1.29, 1.82) is 0 Å². The molecule has 31 heavy (non-hydrogen) atoms. The number of carbonyl (C=O) groups is 3. The predicted molar refractivity (Wildman–Crippen MR) is 119 cm³/mol. The van der Waals surface area contributed by atoms with Gasteiger partial charge in [0.25, 0.3) is 0 Å². The molecular weight excluding hydrogens is 442 g/mol. The van der Waals surface area contributed by atoms with E-state index in [4.69, 9.17) is 21.1 Å². The van der Waals surface area contributed by atoms with E-state index in [9.17, 15) is 14.4 Å². The van der Waals surface area contributed by atoms with Crippen molar-refractivity contribution in [2.24, 2.45) is 5.92 Å². The van der Waals surface area contributed by atoms with Crippen LogP contribution in [-0.4, -0.2) is 59.2 Å². The zero-order chi connectivity index (χ0) is 23.0. The zero-order valence-electron chi connectivity index (χ0n) is 18.6. The number of ether oxygens (including phenoxy) is 2. The van der Waals surface area contributed by atoms with Gasteiger partial charge in [0.2, 0.25) is 5.91 Å². The van der Waals surface area contributed by atoms with Crippen LogP contribution in [0.5, 0.6) is 0 Å². The number of alkyl halides is 1. The molecule has 1 aromatic rings. The van der Waals surface area contributed by atoms with Gasteiger partial charge < -0.3 is 19.7 Å². The molecule has 0 radical (unpaired) electrons. The average Bonchev–Trinajstić information content (AvgIpc) is 3.13. The smallest absolute Gasteiger partial charge is 0.408 e. The molecule has 1 aliphatic rings. The number of esters is 1. The first-order valence-corrected chi connectivity index (χ1v) is 11.9. The van der Waals surface area contributed by atoms with Gasteiger partial charge in [0, 0.05) is 31.8 Å². The number of alkyl carbamates (subject to hydrolysis) is 1. The highest BCUT2D eigenvalue weighted by atomic mass is 35.5. The number of nitrogens with one attached hydrogen (secondary N) is 1. The summed E-state index contributed by atoms with van der Waals surface area (Å²) in [5, 5.41) is 5.32. The predicted octanol–water partition coefficient (Wildman–Crippen LogP) is 3.51. The van der Waals surface area contributed by atoms with Crippen molar-refractivity contribution in [2.45, 2.75) is 70.9 Å². The molecule has 2 amide bonds. The van der Waals surface area contributed by atoms with Crippen LogP contribution in [-0.2, 0) is 31.4 Å². The van der Waals surface area contributed by atoms with Gasteiger partial charge in [-0.15, -0.1) is 22.9 Å². The van der Waals surface area contributed by atoms with E-state index in [1.807, 2.05) is 5.38 Å². The minimum atomic E-state index is -0.762. The summed E-state index contributed by atoms with van der Waals surface area (Å²) in [4.78, 5) is 42.7. The number of piperidine rings is 1. The fourth-order valence-electron chi connectivity index (χ4n) is 3.36. The Labute approximate surface area is 192 Å². The fourth-order valence-corrected chi connectivity index (χ4v) is 4.43. The van der Waals surface area contributed by atoms with E-state index in [1.165, 1.54) is 18.3 Å². The summed E-state index contributed by atoms with van der Waals surface area (Å²) in [5.74, 6) is 0.288. The Balaban J connectivity index is 1.98. The lowest BCUT2D eigenvalue weighted by Gasteiger charge is -2.34. The van der Waals surface area contributed by atoms with Crippen LogP contribution in [0.1, 0.15) is 57.7 Å². The topological polar surface area (TPSA) is 97.8 Å². The molecule has 1 aromatic heterocycles. The molecule has 1 fully saturated rings. The monoisotopic (exact) mass is 473 g/mol. The molecule has 0 saturated carbocycles. The summed E-state index contributed by atoms with van der Waals surface area (Å²) in [6.45, 7) is 8.33. The third kappa shape index (κ3) is 9.03. The van der Waals surface area contributed by atoms with Crippen molar-refractivity contribution in [3.8, 4) is 0 Å². The van der Waals surface area contributed by atoms with Gasteiger partial charge in [-0.1, -0.05) is 0 Å². The summed E-state index contributed by atoms with van der Waals surface area (Å²) in [7, 11) is 0. The van der Waals surface area contributed by atoms with Crippen molar-refractivity contribution < 1.29 is 23.9 Å². The number of nitrogens with zero attached hydrogens (tertiary/aromatic N) is 2. The Morgan fingerprint density at radius 3 is 2.55 bits per heavy atom. The van der Waals surface area contributed by atoms with Crippen LogP contribution in [0.15, 0.2) is 5.38 Å². The second-order valence-electron chi connectivity index (χ2n) is 8.67. The number of rotatable bonds is 8. The van der Waals surface area contributed by atoms with Crippen molar-refractivity contribution in [3.05, 3.63) is 16.1 Å². The molecule has 2 heterocycles. The van der Waals surface area contributed by atoms with E-state index in [2.05, 4.69) is 10.3 Å². The molecule has 1 aliphatic heterocycles. The molecule has 0 spiro atoms. The number of hydrogen-bond acceptors (Lipinski definition) is 7. The van der Waals surface area contributed by atoms with Gasteiger partial charge in [0.1, 0.15) is 11.6 Å². The van der Waals surface area contributed by atoms with E-state index in [1.54, 1.807) is 25.7 Å². The maximum Gasteiger partial charge on any atom is 0.408 e. The van der Waals surface area contributed by atoms with Crippen molar-refractivity contribution in [2.75, 3.05) is 19.7 Å². The highest BCUT2D eigenvalue weighted by Gasteiger charge is 2.31. The highest BCUT2D eigenvalue weighted by molar-refractivity contribution is 7.09. The van der Waals surface area contributed by atoms with Crippen LogP contribution < -0.4 is 5.32 Å². The first-order valence-electron chi connectivity index (χ1n) is 10.5. The summed E-state index contributed by atoms with van der Waals surface area (Å²) in [6.07, 6.45) is 2.11. The van der Waals surface area contributed by atoms with Crippen LogP contribution in [0, 0.1) is 5.92 Å². The normalized spacial score (nSPS) is 16.0. The van der Waals surface area contributed by atoms with E-state index in [0.717, 1.165) is 30.0 Å². The number of hydrogen-bond donors (Lipinski definition) is 1. The number of carbonyl (C=O) groups excluding carboxylic acids is 3. The molecule has 2 rings (SSSR count). The van der Waals surface area contributed by atoms with Crippen LogP contribution in [0.3, 0.4) is 0 Å². The van der Waals surface area contributed by atoms with Gasteiger partial charge in [-0.25, -0.2) is 9.78 Å². The Morgan fingerprint density at radius 2 is 2.00 bits per heavy atom. The Hall–Kier alpha value is -1.87. The van der Waals surface area contributed by atoms with Crippen LogP contribution in [0.4, 0.5) is 4.79 Å². The van der Waals surface area contributed by atoms with E-state index in [-0.39, 0.29) is 18.3 Å². The second-order valence-corrected chi connectivity index (χ2v) is 9.88. The Kier molecular flexibility index (Phi) is 9.55. The fraction of sp³-hybridized carbons (Fsp3) is 0.714. The molecule has 0 aromatic carbocycles. The lowest BCUT2D eigenvalue weighted by atomic mass is 9.93. The van der Waals surface area contributed by atoms with Gasteiger partial charge in [0.15, 0.2) is 0 Å². The minimum absolute atomic E-state index is 0.146. The quantitative estimate of drug-likeness (QED) is 0.458. The number of amides is 2. The van der Waals surface area contributed by atoms with Gasteiger partial charge in [-0.05, 0) is 46.0 Å². The van der Waals surface area contributed by atoms with Crippen molar-refractivity contribution >= 4 is 40.9 Å². The SMILES string of the molecule is CC(=O)OCCC1CCN(C(=O)[C@H](Cc2nc(CCl)cs2)NC(=O)OC(C)(C)C)CC1. The lowest BCUT2D eigenvalue weighted by Crippen LogP contribution is -2.52. The van der Waals surface area contributed by atoms with E-state index < -0.39 is 17.7 Å². The van der Waals surface area contributed by atoms with Gasteiger partial charge >= 0.3 is 12.1 Å². The largest absolute Gasteiger partial charge is 0.466 e. The minimum Gasteiger partial charge on any atom is -0.466 e. The molecule has 0 aliphatic carbocycles. The van der Waals surface area contributed by atoms with Gasteiger partial charge in [0.05, 0.1) is 23.2 Å². The maximum absolute atomic E-state index is 13.2. The highest BCUT2D eigenvalue weighted by Crippen LogP contribution is 2.22. The van der Waals surface area contributed by atoms with Gasteiger partial charge in [-0.3, -0.25) is 9.59 Å². The molecule has 1 saturated heterocycles. The molecule has 174 valence electrons. The van der Waals surface area contributed by atoms with Crippen LogP contribution >= 0.6 is 22.9 Å². The Bertz CT molecular complexity index is 756. The standard InChI is InChI=1S/C21H32ClN3O5S/c1-14(26)29-10-7-15-5-8-25(9-6-15)19(27)17(24-20(28)30-21(2,3)4)11-18-23-16(12-22)13-31-18/h13,15,17H,5-12H2,1-4H3,(H,24,28)/t17-/m0/s1. The molecule has 10 heteroatoms. The summed E-state index contributed by atoms with van der Waals surface area (Å²) in [5.41, 5.74) is 0.0871. The molecule has 1 N–H and O–H groups in total. The van der Waals surface area contributed by atoms with Crippen molar-refractivity contribution in [3.63, 3.8) is 0 Å². The molecule has 8 nitrogen and oxygen atoms in total. The Morgan fingerprint density at radius 1 is 1.32 bits per heavy atom. The second kappa shape index (κ2) is 11.7. The van der Waals surface area contributed by atoms with Crippen molar-refractivity contribution in [1.82, 2.24) is 15.2 Å². The van der Waals surface area contributed by atoms with Crippen LogP contribution in [0.2, 0.25) is 0 Å². The third-order valence-corrected chi connectivity index (χ3v) is 6.06.